The van der Waals surface area contributed by atoms with E-state index >= 15 is 0 Å². The maximum Gasteiger partial charge on any atom is 0.280 e. The van der Waals surface area contributed by atoms with E-state index in [1.807, 2.05) is 22.6 Å². The summed E-state index contributed by atoms with van der Waals surface area (Å²) in [5, 5.41) is 8.77. The van der Waals surface area contributed by atoms with Crippen molar-refractivity contribution in [3.8, 4) is 0 Å². The van der Waals surface area contributed by atoms with Gasteiger partial charge in [-0.1, -0.05) is 0 Å². The lowest BCUT2D eigenvalue weighted by Crippen LogP contribution is -2.04. The molecule has 1 aromatic heterocycles. The van der Waals surface area contributed by atoms with Crippen LogP contribution in [0.1, 0.15) is 17.7 Å². The van der Waals surface area contributed by atoms with Crippen molar-refractivity contribution in [1.82, 2.24) is 4.98 Å². The van der Waals surface area contributed by atoms with Crippen molar-refractivity contribution in [2.45, 2.75) is 13.0 Å². The first-order valence-electron chi connectivity index (χ1n) is 3.40. The van der Waals surface area contributed by atoms with Gasteiger partial charge in [0.15, 0.2) is 0 Å². The van der Waals surface area contributed by atoms with Crippen LogP contribution in [0.5, 0.6) is 0 Å². The Kier molecular flexibility index (Phi) is 3.37. The van der Waals surface area contributed by atoms with Crippen molar-refractivity contribution >= 4 is 28.4 Å². The predicted octanol–water partition coefficient (Wildman–Crippen LogP) is 1.70. The van der Waals surface area contributed by atoms with Gasteiger partial charge in [-0.3, -0.25) is 0 Å². The molecule has 0 saturated heterocycles. The lowest BCUT2D eigenvalue weighted by atomic mass is 10.2. The minimum absolute atomic E-state index is 0.0631. The number of aliphatic hydroxyl groups is 1. The van der Waals surface area contributed by atoms with Crippen molar-refractivity contribution in [2.75, 3.05) is 5.73 Å². The smallest absolute Gasteiger partial charge is 0.280 e. The quantitative estimate of drug-likeness (QED) is 0.817. The standard InChI is InChI=1S/C7H7F2IN2O/c8-6(9)5-3(2-13)1-4(10)7(11)12-5/h1,6,13H,2H2,(H2,11,12). The molecule has 3 nitrogen and oxygen atoms in total. The molecular weight excluding hydrogens is 293 g/mol. The Labute approximate surface area is 87.1 Å². The number of nitrogens with zero attached hydrogens (tertiary/aromatic N) is 1. The third-order valence-corrected chi connectivity index (χ3v) is 2.36. The monoisotopic (exact) mass is 300 g/mol. The van der Waals surface area contributed by atoms with Gasteiger partial charge in [-0.2, -0.15) is 0 Å². The molecule has 1 heterocycles. The Hall–Kier alpha value is -0.500. The Morgan fingerprint density at radius 2 is 2.23 bits per heavy atom. The van der Waals surface area contributed by atoms with Gasteiger partial charge in [0.25, 0.3) is 6.43 Å². The zero-order valence-electron chi connectivity index (χ0n) is 6.47. The van der Waals surface area contributed by atoms with Gasteiger partial charge in [-0.05, 0) is 28.7 Å². The van der Waals surface area contributed by atoms with Gasteiger partial charge in [-0.25, -0.2) is 13.8 Å². The van der Waals surface area contributed by atoms with E-state index in [-0.39, 0.29) is 11.4 Å². The molecule has 6 heteroatoms. The number of aliphatic hydroxyl groups excluding tert-OH is 1. The molecule has 72 valence electrons. The number of halogens is 3. The molecule has 1 aromatic rings. The summed E-state index contributed by atoms with van der Waals surface area (Å²) >= 11 is 1.87. The van der Waals surface area contributed by atoms with Crippen molar-refractivity contribution in [2.24, 2.45) is 0 Å². The minimum Gasteiger partial charge on any atom is -0.392 e. The van der Waals surface area contributed by atoms with E-state index in [1.54, 1.807) is 0 Å². The highest BCUT2D eigenvalue weighted by Gasteiger charge is 2.16. The van der Waals surface area contributed by atoms with Crippen LogP contribution in [0.2, 0.25) is 0 Å². The number of nitrogen functional groups attached to an aromatic ring is 1. The molecule has 0 atom stereocenters. The highest BCUT2D eigenvalue weighted by Crippen LogP contribution is 2.25. The van der Waals surface area contributed by atoms with E-state index in [0.717, 1.165) is 0 Å². The summed E-state index contributed by atoms with van der Waals surface area (Å²) in [7, 11) is 0. The van der Waals surface area contributed by atoms with E-state index < -0.39 is 18.7 Å². The lowest BCUT2D eigenvalue weighted by molar-refractivity contribution is 0.141. The van der Waals surface area contributed by atoms with Crippen LogP contribution in [0, 0.1) is 3.57 Å². The highest BCUT2D eigenvalue weighted by molar-refractivity contribution is 14.1. The SMILES string of the molecule is Nc1nc(C(F)F)c(CO)cc1I. The molecule has 3 N–H and O–H groups in total. The second-order valence-corrected chi connectivity index (χ2v) is 3.52. The second-order valence-electron chi connectivity index (χ2n) is 2.36. The van der Waals surface area contributed by atoms with Crippen molar-refractivity contribution in [3.05, 3.63) is 20.9 Å². The molecule has 0 aliphatic rings. The molecule has 0 spiro atoms. The zero-order chi connectivity index (χ0) is 10.0. The lowest BCUT2D eigenvalue weighted by Gasteiger charge is -2.07. The van der Waals surface area contributed by atoms with Gasteiger partial charge >= 0.3 is 0 Å². The summed E-state index contributed by atoms with van der Waals surface area (Å²) in [6.07, 6.45) is -2.71. The summed E-state index contributed by atoms with van der Waals surface area (Å²) in [4.78, 5) is 3.50. The Bertz CT molecular complexity index is 320. The van der Waals surface area contributed by atoms with Crippen LogP contribution in [0.4, 0.5) is 14.6 Å². The number of alkyl halides is 2. The van der Waals surface area contributed by atoms with E-state index in [2.05, 4.69) is 4.98 Å². The van der Waals surface area contributed by atoms with Gasteiger partial charge < -0.3 is 10.8 Å². The van der Waals surface area contributed by atoms with Gasteiger partial charge in [-0.15, -0.1) is 0 Å². The van der Waals surface area contributed by atoms with Gasteiger partial charge in [0, 0.05) is 5.56 Å². The van der Waals surface area contributed by atoms with Crippen molar-refractivity contribution in [1.29, 1.82) is 0 Å². The summed E-state index contributed by atoms with van der Waals surface area (Å²) in [5.41, 5.74) is 5.02. The van der Waals surface area contributed by atoms with Crippen LogP contribution in [0.15, 0.2) is 6.07 Å². The highest BCUT2D eigenvalue weighted by atomic mass is 127. The van der Waals surface area contributed by atoms with Crippen LogP contribution < -0.4 is 5.73 Å². The molecule has 0 saturated carbocycles. The fourth-order valence-corrected chi connectivity index (χ4v) is 1.37. The molecule has 0 radical (unpaired) electrons. The molecule has 0 fully saturated rings. The van der Waals surface area contributed by atoms with Crippen LogP contribution in [-0.4, -0.2) is 10.1 Å². The van der Waals surface area contributed by atoms with E-state index in [9.17, 15) is 8.78 Å². The summed E-state index contributed by atoms with van der Waals surface area (Å²) < 4.78 is 25.2. The minimum atomic E-state index is -2.71. The molecule has 0 unspecified atom stereocenters. The molecule has 0 aliphatic heterocycles. The van der Waals surface area contributed by atoms with E-state index in [4.69, 9.17) is 10.8 Å². The van der Waals surface area contributed by atoms with Gasteiger partial charge in [0.2, 0.25) is 0 Å². The second kappa shape index (κ2) is 4.14. The molecule has 13 heavy (non-hydrogen) atoms. The van der Waals surface area contributed by atoms with E-state index in [0.29, 0.717) is 3.57 Å². The summed E-state index contributed by atoms with van der Waals surface area (Å²) in [6, 6.07) is 1.41. The van der Waals surface area contributed by atoms with Crippen LogP contribution >= 0.6 is 22.6 Å². The third-order valence-electron chi connectivity index (χ3n) is 1.49. The first-order chi connectivity index (χ1) is 6.06. The Morgan fingerprint density at radius 3 is 2.69 bits per heavy atom. The number of anilines is 1. The maximum atomic E-state index is 12.3. The molecule has 0 aromatic carbocycles. The molecule has 0 amide bonds. The largest absolute Gasteiger partial charge is 0.392 e. The summed E-state index contributed by atoms with van der Waals surface area (Å²) in [5.74, 6) is 0.0631. The van der Waals surface area contributed by atoms with Crippen LogP contribution in [0.3, 0.4) is 0 Å². The van der Waals surface area contributed by atoms with E-state index in [1.165, 1.54) is 6.07 Å². The normalized spacial score (nSPS) is 10.8. The number of hydrogen-bond acceptors (Lipinski definition) is 3. The van der Waals surface area contributed by atoms with Gasteiger partial charge in [0.1, 0.15) is 11.5 Å². The zero-order valence-corrected chi connectivity index (χ0v) is 8.62. The number of nitrogens with two attached hydrogens (primary N) is 1. The molecule has 0 aliphatic carbocycles. The van der Waals surface area contributed by atoms with Crippen molar-refractivity contribution < 1.29 is 13.9 Å². The maximum absolute atomic E-state index is 12.3. The number of rotatable bonds is 2. The van der Waals surface area contributed by atoms with Crippen LogP contribution in [-0.2, 0) is 6.61 Å². The average molecular weight is 300 g/mol. The topological polar surface area (TPSA) is 59.1 Å². The Balaban J connectivity index is 3.25. The fourth-order valence-electron chi connectivity index (χ4n) is 0.871. The predicted molar refractivity (Wildman–Crippen MR) is 52.2 cm³/mol. The third kappa shape index (κ3) is 2.25. The molecular formula is C7H7F2IN2O. The van der Waals surface area contributed by atoms with Gasteiger partial charge in [0.05, 0.1) is 10.2 Å². The number of hydrogen-bond donors (Lipinski definition) is 2. The fraction of sp³-hybridized carbons (Fsp3) is 0.286. The van der Waals surface area contributed by atoms with Crippen LogP contribution in [0.25, 0.3) is 0 Å². The number of pyridine rings is 1. The first-order valence-corrected chi connectivity index (χ1v) is 4.48. The Morgan fingerprint density at radius 1 is 1.62 bits per heavy atom. The first kappa shape index (κ1) is 10.6. The molecule has 1 rings (SSSR count). The van der Waals surface area contributed by atoms with Crippen molar-refractivity contribution in [3.63, 3.8) is 0 Å². The summed E-state index contributed by atoms with van der Waals surface area (Å²) in [6.45, 7) is -0.455. The molecule has 0 bridgehead atoms. The number of aromatic nitrogens is 1. The average Bonchev–Trinajstić information content (AvgIpc) is 2.08.